The van der Waals surface area contributed by atoms with E-state index >= 15 is 0 Å². The molecule has 54 heavy (non-hydrogen) atoms. The molecular weight excluding hydrogens is 713 g/mol. The SMILES string of the molecule is O=C1CCC(N2C(=O)c3ccc(OCCCCCN4CCC(OC5CC(Oc6ccc7c(c6)Sc6cc([N+](=O)[O-])ccc6N7)C5)CC4)cc3C2=O)C(=O)C1. The van der Waals surface area contributed by atoms with Gasteiger partial charge in [0.15, 0.2) is 5.78 Å². The average molecular weight is 755 g/mol. The van der Waals surface area contributed by atoms with Gasteiger partial charge in [-0.1, -0.05) is 11.8 Å². The van der Waals surface area contributed by atoms with Crippen LogP contribution >= 0.6 is 11.8 Å². The number of fused-ring (bicyclic) bond motifs is 3. The fourth-order valence-corrected chi connectivity index (χ4v) is 8.90. The number of carbonyl (C=O) groups excluding carboxylic acids is 4. The van der Waals surface area contributed by atoms with Crippen LogP contribution in [0.15, 0.2) is 64.4 Å². The largest absolute Gasteiger partial charge is 0.494 e. The molecule has 1 saturated heterocycles. The Morgan fingerprint density at radius 2 is 1.54 bits per heavy atom. The summed E-state index contributed by atoms with van der Waals surface area (Å²) in [5.41, 5.74) is 2.40. The van der Waals surface area contributed by atoms with Gasteiger partial charge in [-0.2, -0.15) is 0 Å². The smallest absolute Gasteiger partial charge is 0.270 e. The first kappa shape index (κ1) is 36.2. The number of rotatable bonds is 13. The number of piperidine rings is 1. The van der Waals surface area contributed by atoms with Crippen molar-refractivity contribution in [1.29, 1.82) is 0 Å². The number of nitrogens with zero attached hydrogens (tertiary/aromatic N) is 3. The van der Waals surface area contributed by atoms with Gasteiger partial charge in [-0.15, -0.1) is 0 Å². The van der Waals surface area contributed by atoms with E-state index in [1.807, 2.05) is 18.2 Å². The van der Waals surface area contributed by atoms with Gasteiger partial charge in [-0.05, 0) is 87.5 Å². The molecule has 2 aliphatic carbocycles. The van der Waals surface area contributed by atoms with Crippen molar-refractivity contribution < 1.29 is 38.3 Å². The van der Waals surface area contributed by atoms with Crippen molar-refractivity contribution in [3.8, 4) is 11.5 Å². The van der Waals surface area contributed by atoms with Gasteiger partial charge in [0.1, 0.15) is 23.4 Å². The number of amides is 2. The van der Waals surface area contributed by atoms with E-state index in [0.717, 1.165) is 96.4 Å². The number of hydrogen-bond acceptors (Lipinski definition) is 12. The minimum Gasteiger partial charge on any atom is -0.494 e. The zero-order valence-corrected chi connectivity index (χ0v) is 30.6. The number of anilines is 2. The summed E-state index contributed by atoms with van der Waals surface area (Å²) in [6.45, 7) is 3.56. The van der Waals surface area contributed by atoms with Crippen LogP contribution in [0, 0.1) is 10.1 Å². The molecule has 2 saturated carbocycles. The third-order valence-corrected chi connectivity index (χ3v) is 12.0. The summed E-state index contributed by atoms with van der Waals surface area (Å²) in [7, 11) is 0. The number of non-ortho nitro benzene ring substituents is 1. The molecule has 14 heteroatoms. The maximum Gasteiger partial charge on any atom is 0.270 e. The number of carbonyl (C=O) groups is 4. The number of nitrogens with one attached hydrogen (secondary N) is 1. The minimum absolute atomic E-state index is 0.0743. The second-order valence-electron chi connectivity index (χ2n) is 14.7. The maximum atomic E-state index is 13.1. The fraction of sp³-hybridized carbons (Fsp3) is 0.450. The van der Waals surface area contributed by atoms with Gasteiger partial charge in [0.2, 0.25) is 0 Å². The molecule has 0 spiro atoms. The van der Waals surface area contributed by atoms with Gasteiger partial charge >= 0.3 is 0 Å². The summed E-state index contributed by atoms with van der Waals surface area (Å²) in [6.07, 6.45) is 7.43. The van der Waals surface area contributed by atoms with E-state index in [1.54, 1.807) is 30.3 Å². The Hall–Kier alpha value is -4.79. The number of Topliss-reactive ketones (excluding diaryl/α,β-unsaturated/α-hetero) is 2. The van der Waals surface area contributed by atoms with Gasteiger partial charge in [-0.3, -0.25) is 34.2 Å². The van der Waals surface area contributed by atoms with Crippen LogP contribution in [0.1, 0.15) is 84.9 Å². The highest BCUT2D eigenvalue weighted by molar-refractivity contribution is 7.99. The molecule has 3 aromatic carbocycles. The van der Waals surface area contributed by atoms with Crippen molar-refractivity contribution in [3.05, 3.63) is 75.8 Å². The summed E-state index contributed by atoms with van der Waals surface area (Å²) >= 11 is 1.50. The summed E-state index contributed by atoms with van der Waals surface area (Å²) < 4.78 is 18.6. The molecule has 1 unspecified atom stereocenters. The van der Waals surface area contributed by atoms with E-state index in [1.165, 1.54) is 17.8 Å². The Labute approximate surface area is 316 Å². The van der Waals surface area contributed by atoms with E-state index in [4.69, 9.17) is 14.2 Å². The number of nitro benzene ring substituents is 1. The summed E-state index contributed by atoms with van der Waals surface area (Å²) in [5, 5.41) is 14.6. The number of benzene rings is 3. The Kier molecular flexibility index (Phi) is 10.4. The van der Waals surface area contributed by atoms with Gasteiger partial charge in [0.05, 0.1) is 58.7 Å². The second kappa shape index (κ2) is 15.5. The summed E-state index contributed by atoms with van der Waals surface area (Å²) in [5.74, 6) is -0.207. The summed E-state index contributed by atoms with van der Waals surface area (Å²) in [4.78, 5) is 66.2. The first-order valence-corrected chi connectivity index (χ1v) is 19.6. The van der Waals surface area contributed by atoms with Crippen molar-refractivity contribution in [2.45, 2.75) is 98.4 Å². The topological polar surface area (TPSA) is 158 Å². The number of ketones is 2. The molecule has 3 heterocycles. The van der Waals surface area contributed by atoms with Crippen LogP contribution in [0.25, 0.3) is 0 Å². The number of ether oxygens (including phenoxy) is 3. The van der Waals surface area contributed by atoms with Gasteiger partial charge < -0.3 is 24.4 Å². The Balaban J connectivity index is 0.696. The molecule has 8 rings (SSSR count). The monoisotopic (exact) mass is 754 g/mol. The lowest BCUT2D eigenvalue weighted by atomic mass is 9.91. The van der Waals surface area contributed by atoms with Crippen LogP contribution in [-0.2, 0) is 14.3 Å². The number of imide groups is 1. The van der Waals surface area contributed by atoms with Crippen LogP contribution < -0.4 is 14.8 Å². The van der Waals surface area contributed by atoms with Gasteiger partial charge in [0, 0.05) is 54.3 Å². The van der Waals surface area contributed by atoms with Crippen molar-refractivity contribution in [3.63, 3.8) is 0 Å². The van der Waals surface area contributed by atoms with Gasteiger partial charge in [-0.25, -0.2) is 0 Å². The number of unbranched alkanes of at least 4 members (excludes halogenated alkanes) is 2. The maximum absolute atomic E-state index is 13.1. The molecule has 1 atom stereocenters. The molecule has 5 aliphatic rings. The third kappa shape index (κ3) is 7.73. The summed E-state index contributed by atoms with van der Waals surface area (Å²) in [6, 6.07) is 14.8. The highest BCUT2D eigenvalue weighted by atomic mass is 32.2. The Morgan fingerprint density at radius 3 is 2.31 bits per heavy atom. The highest BCUT2D eigenvalue weighted by Crippen LogP contribution is 2.47. The van der Waals surface area contributed by atoms with E-state index < -0.39 is 17.9 Å². The lowest BCUT2D eigenvalue weighted by molar-refractivity contribution is -0.385. The molecular formula is C40H42N4O9S. The van der Waals surface area contributed by atoms with Crippen molar-refractivity contribution >= 4 is 52.2 Å². The van der Waals surface area contributed by atoms with E-state index in [2.05, 4.69) is 10.2 Å². The molecule has 0 aromatic heterocycles. The molecule has 2 amide bonds. The predicted octanol–water partition coefficient (Wildman–Crippen LogP) is 6.73. The lowest BCUT2D eigenvalue weighted by Crippen LogP contribution is -2.47. The third-order valence-electron chi connectivity index (χ3n) is 10.9. The minimum atomic E-state index is -0.877. The van der Waals surface area contributed by atoms with Crippen molar-refractivity contribution in [2.24, 2.45) is 0 Å². The number of nitro groups is 1. The molecule has 0 bridgehead atoms. The zero-order chi connectivity index (χ0) is 37.3. The highest BCUT2D eigenvalue weighted by Gasteiger charge is 2.44. The predicted molar refractivity (Wildman–Crippen MR) is 199 cm³/mol. The number of likely N-dealkylation sites (tertiary alicyclic amines) is 1. The fourth-order valence-electron chi connectivity index (χ4n) is 7.85. The Bertz CT molecular complexity index is 1990. The molecule has 282 valence electrons. The first-order chi connectivity index (χ1) is 26.2. The van der Waals surface area contributed by atoms with Crippen LogP contribution in [0.2, 0.25) is 0 Å². The molecule has 13 nitrogen and oxygen atoms in total. The quantitative estimate of drug-likeness (QED) is 0.0505. The molecule has 3 aliphatic heterocycles. The van der Waals surface area contributed by atoms with E-state index in [-0.39, 0.29) is 70.9 Å². The first-order valence-electron chi connectivity index (χ1n) is 18.8. The van der Waals surface area contributed by atoms with E-state index in [0.29, 0.717) is 12.4 Å². The second-order valence-corrected chi connectivity index (χ2v) is 15.7. The van der Waals surface area contributed by atoms with E-state index in [9.17, 15) is 29.3 Å². The normalized spacial score (nSPS) is 22.6. The van der Waals surface area contributed by atoms with Crippen LogP contribution in [0.4, 0.5) is 17.1 Å². The lowest BCUT2D eigenvalue weighted by Gasteiger charge is -2.40. The standard InChI is InChI=1S/C40H42N4O9S/c45-25-5-11-35(36(46)19-25)43-39(47)31-8-6-27(22-32(31)40(43)48)51-17-3-1-2-14-42-15-12-26(13-16-42)52-29-20-30(21-29)53-28-7-10-34-38(23-28)54-37-18-24(44(49)50)4-9-33(37)41-34/h4,6-10,18,22-23,26,29-30,35,41H,1-3,5,11-17,19-21H2. The number of hydrogen-bond donors (Lipinski definition) is 1. The zero-order valence-electron chi connectivity index (χ0n) is 29.8. The van der Waals surface area contributed by atoms with Crippen molar-refractivity contribution in [1.82, 2.24) is 9.80 Å². The van der Waals surface area contributed by atoms with Crippen molar-refractivity contribution in [2.75, 3.05) is 31.6 Å². The van der Waals surface area contributed by atoms with Crippen LogP contribution in [0.3, 0.4) is 0 Å². The molecule has 0 radical (unpaired) electrons. The van der Waals surface area contributed by atoms with Gasteiger partial charge in [0.25, 0.3) is 17.5 Å². The average Bonchev–Trinajstić information content (AvgIpc) is 3.39. The Morgan fingerprint density at radius 1 is 0.796 bits per heavy atom. The molecule has 3 aromatic rings. The van der Waals surface area contributed by atoms with Crippen LogP contribution in [-0.4, -0.2) is 88.7 Å². The molecule has 1 N–H and O–H groups in total. The molecule has 3 fully saturated rings. The van der Waals surface area contributed by atoms with Crippen LogP contribution in [0.5, 0.6) is 11.5 Å².